The topological polar surface area (TPSA) is 43.4 Å². The molecule has 1 aliphatic carbocycles. The first-order valence-corrected chi connectivity index (χ1v) is 8.70. The van der Waals surface area contributed by atoms with Crippen LogP contribution in [0.25, 0.3) is 0 Å². The molecule has 0 amide bonds. The first-order valence-electron chi connectivity index (χ1n) is 8.70. The normalized spacial score (nSPS) is 25.9. The zero-order chi connectivity index (χ0) is 15.8. The Morgan fingerprint density at radius 3 is 2.48 bits per heavy atom. The highest BCUT2D eigenvalue weighted by molar-refractivity contribution is 5.86. The maximum atomic E-state index is 12.3. The third-order valence-corrected chi connectivity index (χ3v) is 4.77. The van der Waals surface area contributed by atoms with Crippen molar-refractivity contribution in [2.45, 2.75) is 79.1 Å². The summed E-state index contributed by atoms with van der Waals surface area (Å²) in [5.74, 6) is 0.680. The molecular weight excluding hydrogens is 264 g/mol. The van der Waals surface area contributed by atoms with Crippen molar-refractivity contribution in [3.05, 3.63) is 0 Å². The molecule has 1 fully saturated rings. The largest absolute Gasteiger partial charge is 0.393 e. The van der Waals surface area contributed by atoms with E-state index in [1.165, 1.54) is 6.42 Å². The summed E-state index contributed by atoms with van der Waals surface area (Å²) < 4.78 is 5.12. The van der Waals surface area contributed by atoms with Crippen molar-refractivity contribution in [1.82, 2.24) is 0 Å². The predicted molar refractivity (Wildman–Crippen MR) is 84.7 cm³/mol. The molecule has 0 aromatic carbocycles. The summed E-state index contributed by atoms with van der Waals surface area (Å²) in [6, 6.07) is 0. The molecule has 3 heteroatoms. The summed E-state index contributed by atoms with van der Waals surface area (Å²) in [5, 5.41) is 0. The van der Waals surface area contributed by atoms with Crippen molar-refractivity contribution in [1.29, 1.82) is 0 Å². The maximum absolute atomic E-state index is 12.3. The second-order valence-electron chi connectivity index (χ2n) is 7.04. The molecule has 3 nitrogen and oxygen atoms in total. The molecule has 122 valence electrons. The first-order chi connectivity index (χ1) is 9.95. The van der Waals surface area contributed by atoms with Gasteiger partial charge in [0.25, 0.3) is 0 Å². The van der Waals surface area contributed by atoms with Crippen molar-refractivity contribution < 1.29 is 14.3 Å². The molecule has 21 heavy (non-hydrogen) atoms. The fraction of sp³-hybridized carbons (Fsp3) is 0.889. The molecule has 0 aromatic heterocycles. The Kier molecular flexibility index (Phi) is 7.98. The fourth-order valence-electron chi connectivity index (χ4n) is 3.41. The Morgan fingerprint density at radius 2 is 1.86 bits per heavy atom. The number of ether oxygens (including phenoxy) is 1. The maximum Gasteiger partial charge on any atom is 0.316 e. The zero-order valence-electron chi connectivity index (χ0n) is 14.2. The molecule has 1 aliphatic rings. The van der Waals surface area contributed by atoms with Crippen molar-refractivity contribution >= 4 is 11.9 Å². The van der Waals surface area contributed by atoms with E-state index in [0.717, 1.165) is 38.5 Å². The van der Waals surface area contributed by atoms with Gasteiger partial charge in [-0.1, -0.05) is 53.4 Å². The predicted octanol–water partition coefficient (Wildman–Crippen LogP) is 4.74. The Labute approximate surface area is 129 Å². The van der Waals surface area contributed by atoms with Crippen LogP contribution < -0.4 is 0 Å². The minimum atomic E-state index is -0.336. The number of unbranched alkanes of at least 4 members (excludes halogenated alkanes) is 3. The molecule has 0 spiro atoms. The van der Waals surface area contributed by atoms with Crippen LogP contribution in [0, 0.1) is 23.7 Å². The average Bonchev–Trinajstić information content (AvgIpc) is 2.43. The Bertz CT molecular complexity index is 335. The van der Waals surface area contributed by atoms with Crippen LogP contribution in [0.4, 0.5) is 0 Å². The lowest BCUT2D eigenvalue weighted by Gasteiger charge is -2.35. The lowest BCUT2D eigenvalue weighted by molar-refractivity contribution is -0.165. The van der Waals surface area contributed by atoms with E-state index < -0.39 is 0 Å². The minimum Gasteiger partial charge on any atom is -0.393 e. The van der Waals surface area contributed by atoms with Crippen LogP contribution in [0.2, 0.25) is 0 Å². The minimum absolute atomic E-state index is 0.0895. The first kappa shape index (κ1) is 18.2. The van der Waals surface area contributed by atoms with E-state index >= 15 is 0 Å². The SMILES string of the molecule is CCCCCCC(=O)OC(=O)C1CC(C)CCC1C(C)C. The highest BCUT2D eigenvalue weighted by Crippen LogP contribution is 2.38. The monoisotopic (exact) mass is 296 g/mol. The van der Waals surface area contributed by atoms with Crippen molar-refractivity contribution in [3.63, 3.8) is 0 Å². The third-order valence-electron chi connectivity index (χ3n) is 4.77. The van der Waals surface area contributed by atoms with Crippen molar-refractivity contribution in [2.75, 3.05) is 0 Å². The van der Waals surface area contributed by atoms with Gasteiger partial charge < -0.3 is 4.74 Å². The van der Waals surface area contributed by atoms with Crippen LogP contribution >= 0.6 is 0 Å². The van der Waals surface area contributed by atoms with Gasteiger partial charge in [0, 0.05) is 6.42 Å². The quantitative estimate of drug-likeness (QED) is 0.387. The number of carbonyl (C=O) groups is 2. The molecule has 1 saturated carbocycles. The van der Waals surface area contributed by atoms with Crippen LogP contribution in [0.3, 0.4) is 0 Å². The third kappa shape index (κ3) is 6.19. The van der Waals surface area contributed by atoms with Gasteiger partial charge in [-0.2, -0.15) is 0 Å². The lowest BCUT2D eigenvalue weighted by Crippen LogP contribution is -2.35. The highest BCUT2D eigenvalue weighted by Gasteiger charge is 2.37. The second-order valence-corrected chi connectivity index (χ2v) is 7.04. The number of hydrogen-bond acceptors (Lipinski definition) is 3. The van der Waals surface area contributed by atoms with Gasteiger partial charge in [-0.15, -0.1) is 0 Å². The molecule has 0 radical (unpaired) electrons. The van der Waals surface area contributed by atoms with E-state index in [1.807, 2.05) is 0 Å². The Morgan fingerprint density at radius 1 is 1.14 bits per heavy atom. The van der Waals surface area contributed by atoms with Crippen molar-refractivity contribution in [3.8, 4) is 0 Å². The van der Waals surface area contributed by atoms with Gasteiger partial charge in [0.15, 0.2) is 0 Å². The van der Waals surface area contributed by atoms with Gasteiger partial charge in [-0.05, 0) is 37.0 Å². The van der Waals surface area contributed by atoms with E-state index in [9.17, 15) is 9.59 Å². The molecule has 0 saturated heterocycles. The molecular formula is C18H32O3. The van der Waals surface area contributed by atoms with Gasteiger partial charge in [-0.3, -0.25) is 9.59 Å². The molecule has 3 atom stereocenters. The van der Waals surface area contributed by atoms with E-state index in [1.54, 1.807) is 0 Å². The zero-order valence-corrected chi connectivity index (χ0v) is 14.2. The van der Waals surface area contributed by atoms with Gasteiger partial charge in [0.1, 0.15) is 0 Å². The number of hydrogen-bond donors (Lipinski definition) is 0. The second kappa shape index (κ2) is 9.22. The Balaban J connectivity index is 2.45. The standard InChI is InChI=1S/C18H32O3/c1-5-6-7-8-9-17(19)21-18(20)16-12-14(4)10-11-15(16)13(2)3/h13-16H,5-12H2,1-4H3. The van der Waals surface area contributed by atoms with Crippen LogP contribution in [-0.2, 0) is 14.3 Å². The van der Waals surface area contributed by atoms with E-state index in [0.29, 0.717) is 24.2 Å². The summed E-state index contributed by atoms with van der Waals surface area (Å²) in [6.45, 7) is 8.64. The molecule has 0 N–H and O–H groups in total. The lowest BCUT2D eigenvalue weighted by atomic mass is 9.70. The molecule has 1 rings (SSSR count). The van der Waals surface area contributed by atoms with Crippen LogP contribution in [-0.4, -0.2) is 11.9 Å². The van der Waals surface area contributed by atoms with Crippen LogP contribution in [0.1, 0.15) is 79.1 Å². The number of esters is 2. The smallest absolute Gasteiger partial charge is 0.316 e. The molecule has 0 aromatic rings. The average molecular weight is 296 g/mol. The van der Waals surface area contributed by atoms with Gasteiger partial charge in [-0.25, -0.2) is 0 Å². The summed E-state index contributed by atoms with van der Waals surface area (Å²) in [7, 11) is 0. The van der Waals surface area contributed by atoms with Gasteiger partial charge in [0.05, 0.1) is 5.92 Å². The Hall–Kier alpha value is -0.860. The molecule has 0 bridgehead atoms. The van der Waals surface area contributed by atoms with Crippen molar-refractivity contribution in [2.24, 2.45) is 23.7 Å². The summed E-state index contributed by atoms with van der Waals surface area (Å²) in [6.07, 6.45) is 7.64. The molecule has 0 heterocycles. The summed E-state index contributed by atoms with van der Waals surface area (Å²) >= 11 is 0. The van der Waals surface area contributed by atoms with E-state index in [-0.39, 0.29) is 17.9 Å². The molecule has 3 unspecified atom stereocenters. The summed E-state index contributed by atoms with van der Waals surface area (Å²) in [4.78, 5) is 24.1. The van der Waals surface area contributed by atoms with E-state index in [4.69, 9.17) is 4.74 Å². The van der Waals surface area contributed by atoms with E-state index in [2.05, 4.69) is 27.7 Å². The number of rotatable bonds is 7. The van der Waals surface area contributed by atoms with Gasteiger partial charge in [0.2, 0.25) is 0 Å². The fourth-order valence-corrected chi connectivity index (χ4v) is 3.41. The van der Waals surface area contributed by atoms with Crippen LogP contribution in [0.5, 0.6) is 0 Å². The molecule has 0 aliphatic heterocycles. The van der Waals surface area contributed by atoms with Crippen LogP contribution in [0.15, 0.2) is 0 Å². The highest BCUT2D eigenvalue weighted by atomic mass is 16.6. The summed E-state index contributed by atoms with van der Waals surface area (Å²) in [5.41, 5.74) is 0. The number of carbonyl (C=O) groups excluding carboxylic acids is 2. The van der Waals surface area contributed by atoms with Gasteiger partial charge >= 0.3 is 11.9 Å².